The Labute approximate surface area is 157 Å². The maximum Gasteiger partial charge on any atom is 0.254 e. The molecule has 1 fully saturated rings. The maximum absolute atomic E-state index is 12.9. The van der Waals surface area contributed by atoms with Crippen LogP contribution in [-0.2, 0) is 27.7 Å². The summed E-state index contributed by atoms with van der Waals surface area (Å²) in [5.74, 6) is -0.124. The van der Waals surface area contributed by atoms with E-state index in [1.165, 1.54) is 20.8 Å². The van der Waals surface area contributed by atoms with E-state index in [2.05, 4.69) is 6.07 Å². The van der Waals surface area contributed by atoms with E-state index in [1.807, 2.05) is 5.38 Å². The van der Waals surface area contributed by atoms with Gasteiger partial charge in [-0.1, -0.05) is 6.07 Å². The highest BCUT2D eigenvalue weighted by atomic mass is 32.2. The fourth-order valence-electron chi connectivity index (χ4n) is 3.33. The summed E-state index contributed by atoms with van der Waals surface area (Å²) >= 11 is 1.72. The summed E-state index contributed by atoms with van der Waals surface area (Å²) in [7, 11) is -3.60. The number of thiophene rings is 1. The molecule has 6 nitrogen and oxygen atoms in total. The largest absolute Gasteiger partial charge is 0.379 e. The smallest absolute Gasteiger partial charge is 0.254 e. The molecule has 1 aromatic heterocycles. The van der Waals surface area contributed by atoms with Crippen LogP contribution in [0.25, 0.3) is 0 Å². The number of carbonyl (C=O) groups excluding carboxylic acids is 1. The molecule has 0 unspecified atom stereocenters. The predicted octanol–water partition coefficient (Wildman–Crippen LogP) is 1.97. The molecule has 1 amide bonds. The Bertz CT molecular complexity index is 917. The lowest BCUT2D eigenvalue weighted by Crippen LogP contribution is -2.40. The number of fused-ring (bicyclic) bond motifs is 1. The molecular formula is C18H20N2O4S2. The van der Waals surface area contributed by atoms with E-state index >= 15 is 0 Å². The van der Waals surface area contributed by atoms with Gasteiger partial charge in [-0.15, -0.1) is 11.3 Å². The van der Waals surface area contributed by atoms with Crippen molar-refractivity contribution in [2.45, 2.75) is 17.9 Å². The molecule has 138 valence electrons. The van der Waals surface area contributed by atoms with Gasteiger partial charge >= 0.3 is 0 Å². The summed E-state index contributed by atoms with van der Waals surface area (Å²) in [6, 6.07) is 8.42. The molecule has 0 spiro atoms. The van der Waals surface area contributed by atoms with Crippen molar-refractivity contribution in [3.8, 4) is 0 Å². The molecule has 3 heterocycles. The summed E-state index contributed by atoms with van der Waals surface area (Å²) in [4.78, 5) is 16.2. The molecular weight excluding hydrogens is 372 g/mol. The van der Waals surface area contributed by atoms with Gasteiger partial charge in [0.05, 0.1) is 18.1 Å². The number of hydrogen-bond donors (Lipinski definition) is 0. The Balaban J connectivity index is 1.57. The van der Waals surface area contributed by atoms with Crippen LogP contribution in [0.4, 0.5) is 0 Å². The average molecular weight is 393 g/mol. The average Bonchev–Trinajstić information content (AvgIpc) is 3.16. The number of nitrogens with zero attached hydrogens (tertiary/aromatic N) is 2. The van der Waals surface area contributed by atoms with Crippen LogP contribution in [0.1, 0.15) is 20.8 Å². The fraction of sp³-hybridized carbons (Fsp3) is 0.389. The second-order valence-corrected chi connectivity index (χ2v) is 9.33. The van der Waals surface area contributed by atoms with Crippen LogP contribution < -0.4 is 0 Å². The van der Waals surface area contributed by atoms with Gasteiger partial charge in [0, 0.05) is 36.6 Å². The molecule has 26 heavy (non-hydrogen) atoms. The van der Waals surface area contributed by atoms with Gasteiger partial charge in [-0.3, -0.25) is 4.79 Å². The summed E-state index contributed by atoms with van der Waals surface area (Å²) in [5.41, 5.74) is 1.60. The first-order chi connectivity index (χ1) is 12.6. The molecule has 2 aliphatic rings. The third kappa shape index (κ3) is 3.29. The van der Waals surface area contributed by atoms with Gasteiger partial charge in [0.15, 0.2) is 0 Å². The summed E-state index contributed by atoms with van der Waals surface area (Å²) in [6.45, 7) is 2.72. The van der Waals surface area contributed by atoms with Gasteiger partial charge < -0.3 is 9.64 Å². The molecule has 4 rings (SSSR count). The number of hydrogen-bond acceptors (Lipinski definition) is 5. The third-order valence-electron chi connectivity index (χ3n) is 4.78. The Morgan fingerprint density at radius 2 is 1.92 bits per heavy atom. The quantitative estimate of drug-likeness (QED) is 0.801. The molecule has 0 atom stereocenters. The molecule has 0 bridgehead atoms. The minimum atomic E-state index is -3.60. The zero-order valence-corrected chi connectivity index (χ0v) is 15.9. The van der Waals surface area contributed by atoms with Crippen LogP contribution >= 0.6 is 11.3 Å². The SMILES string of the molecule is O=C(c1cccc(S(=O)(=O)N2CCOCC2)c1)N1CCc2sccc2C1. The van der Waals surface area contributed by atoms with Crippen molar-refractivity contribution in [1.82, 2.24) is 9.21 Å². The number of rotatable bonds is 3. The van der Waals surface area contributed by atoms with Gasteiger partial charge in [-0.05, 0) is 41.6 Å². The van der Waals surface area contributed by atoms with E-state index in [4.69, 9.17) is 4.74 Å². The van der Waals surface area contributed by atoms with E-state index in [-0.39, 0.29) is 10.8 Å². The molecule has 0 aliphatic carbocycles. The maximum atomic E-state index is 12.9. The number of benzene rings is 1. The molecule has 0 radical (unpaired) electrons. The minimum absolute atomic E-state index is 0.124. The normalized spacial score (nSPS) is 18.5. The summed E-state index contributed by atoms with van der Waals surface area (Å²) in [6.07, 6.45) is 0.852. The van der Waals surface area contributed by atoms with Crippen molar-refractivity contribution in [1.29, 1.82) is 0 Å². The predicted molar refractivity (Wildman–Crippen MR) is 98.8 cm³/mol. The molecule has 8 heteroatoms. The Morgan fingerprint density at radius 3 is 2.73 bits per heavy atom. The van der Waals surface area contributed by atoms with Crippen molar-refractivity contribution in [3.05, 3.63) is 51.7 Å². The first-order valence-electron chi connectivity index (χ1n) is 8.58. The van der Waals surface area contributed by atoms with E-state index in [0.717, 1.165) is 6.42 Å². The van der Waals surface area contributed by atoms with Crippen molar-refractivity contribution in [3.63, 3.8) is 0 Å². The van der Waals surface area contributed by atoms with Crippen LogP contribution in [0.15, 0.2) is 40.6 Å². The third-order valence-corrected chi connectivity index (χ3v) is 7.70. The van der Waals surface area contributed by atoms with Gasteiger partial charge in [0.2, 0.25) is 10.0 Å². The van der Waals surface area contributed by atoms with E-state index in [9.17, 15) is 13.2 Å². The van der Waals surface area contributed by atoms with Gasteiger partial charge in [-0.25, -0.2) is 8.42 Å². The zero-order valence-electron chi connectivity index (χ0n) is 14.3. The van der Waals surface area contributed by atoms with Crippen LogP contribution in [0.3, 0.4) is 0 Å². The Hall–Kier alpha value is -1.74. The topological polar surface area (TPSA) is 66.9 Å². The molecule has 0 saturated carbocycles. The Kier molecular flexibility index (Phi) is 4.83. The highest BCUT2D eigenvalue weighted by Crippen LogP contribution is 2.26. The van der Waals surface area contributed by atoms with E-state index in [1.54, 1.807) is 34.4 Å². The van der Waals surface area contributed by atoms with Crippen molar-refractivity contribution < 1.29 is 17.9 Å². The Morgan fingerprint density at radius 1 is 1.12 bits per heavy atom. The lowest BCUT2D eigenvalue weighted by Gasteiger charge is -2.28. The molecule has 2 aromatic rings. The number of ether oxygens (including phenoxy) is 1. The second-order valence-electron chi connectivity index (χ2n) is 6.39. The number of carbonyl (C=O) groups is 1. The minimum Gasteiger partial charge on any atom is -0.379 e. The van der Waals surface area contributed by atoms with Gasteiger partial charge in [-0.2, -0.15) is 4.31 Å². The monoisotopic (exact) mass is 392 g/mol. The lowest BCUT2D eigenvalue weighted by atomic mass is 10.1. The van der Waals surface area contributed by atoms with Crippen molar-refractivity contribution in [2.24, 2.45) is 0 Å². The highest BCUT2D eigenvalue weighted by molar-refractivity contribution is 7.89. The fourth-order valence-corrected chi connectivity index (χ4v) is 5.67. The second kappa shape index (κ2) is 7.11. The zero-order chi connectivity index (χ0) is 18.1. The molecule has 0 N–H and O–H groups in total. The molecule has 1 aromatic carbocycles. The van der Waals surface area contributed by atoms with Crippen LogP contribution in [0.2, 0.25) is 0 Å². The summed E-state index contributed by atoms with van der Waals surface area (Å²) in [5, 5.41) is 2.05. The molecule has 1 saturated heterocycles. The van der Waals surface area contributed by atoms with E-state index in [0.29, 0.717) is 45.0 Å². The number of amides is 1. The van der Waals surface area contributed by atoms with Gasteiger partial charge in [0.25, 0.3) is 5.91 Å². The highest BCUT2D eigenvalue weighted by Gasteiger charge is 2.28. The first kappa shape index (κ1) is 17.7. The summed E-state index contributed by atoms with van der Waals surface area (Å²) < 4.78 is 32.3. The van der Waals surface area contributed by atoms with Crippen molar-refractivity contribution in [2.75, 3.05) is 32.8 Å². The lowest BCUT2D eigenvalue weighted by molar-refractivity contribution is 0.0727. The van der Waals surface area contributed by atoms with Crippen LogP contribution in [0, 0.1) is 0 Å². The van der Waals surface area contributed by atoms with Crippen molar-refractivity contribution >= 4 is 27.3 Å². The number of morpholine rings is 1. The molecule has 2 aliphatic heterocycles. The standard InChI is InChI=1S/C18H20N2O4S2/c21-18(19-6-4-17-15(13-19)5-11-25-17)14-2-1-3-16(12-14)26(22,23)20-7-9-24-10-8-20/h1-3,5,11-12H,4,6-10,13H2. The van der Waals surface area contributed by atoms with Gasteiger partial charge in [0.1, 0.15) is 0 Å². The first-order valence-corrected chi connectivity index (χ1v) is 10.9. The van der Waals surface area contributed by atoms with E-state index < -0.39 is 10.0 Å². The number of sulfonamides is 1. The van der Waals surface area contributed by atoms with Crippen LogP contribution in [0.5, 0.6) is 0 Å². The van der Waals surface area contributed by atoms with Crippen LogP contribution in [-0.4, -0.2) is 56.4 Å².